The molecule has 0 aliphatic carbocycles. The van der Waals surface area contributed by atoms with Gasteiger partial charge in [-0.15, -0.1) is 6.58 Å². The van der Waals surface area contributed by atoms with Crippen molar-refractivity contribution in [3.8, 4) is 11.4 Å². The number of nitrogens with zero attached hydrogens (tertiary/aromatic N) is 3. The average Bonchev–Trinajstić information content (AvgIpc) is 3.07. The molecule has 0 spiro atoms. The molecule has 5 nitrogen and oxygen atoms in total. The number of hydrogen-bond acceptors (Lipinski definition) is 4. The number of aromatic nitrogens is 2. The number of amides is 1. The Labute approximate surface area is 155 Å². The van der Waals surface area contributed by atoms with Gasteiger partial charge in [-0.25, -0.2) is 0 Å². The fraction of sp³-hybridized carbons (Fsp3) is 0.421. The van der Waals surface area contributed by atoms with Gasteiger partial charge in [0.05, 0.1) is 0 Å². The molecule has 0 aliphatic rings. The fourth-order valence-electron chi connectivity index (χ4n) is 2.49. The summed E-state index contributed by atoms with van der Waals surface area (Å²) >= 11 is 0. The van der Waals surface area contributed by atoms with E-state index in [1.807, 2.05) is 24.3 Å². The predicted octanol–water partition coefficient (Wildman–Crippen LogP) is 4.37. The number of rotatable bonds is 8. The molecule has 1 amide bonds. The molecule has 146 valence electrons. The zero-order chi connectivity index (χ0) is 20.0. The van der Waals surface area contributed by atoms with Crippen LogP contribution in [0.5, 0.6) is 0 Å². The number of carbonyl (C=O) groups is 1. The van der Waals surface area contributed by atoms with E-state index in [-0.39, 0.29) is 25.3 Å². The minimum absolute atomic E-state index is 0.0708. The van der Waals surface area contributed by atoms with Crippen LogP contribution in [0.25, 0.3) is 11.4 Å². The lowest BCUT2D eigenvalue weighted by Gasteiger charge is -2.22. The summed E-state index contributed by atoms with van der Waals surface area (Å²) in [6, 6.07) is 7.71. The van der Waals surface area contributed by atoms with Gasteiger partial charge in [0.25, 0.3) is 0 Å². The van der Waals surface area contributed by atoms with Crippen molar-refractivity contribution in [3.05, 3.63) is 48.4 Å². The first-order chi connectivity index (χ1) is 12.7. The van der Waals surface area contributed by atoms with Crippen LogP contribution in [0, 0.1) is 0 Å². The zero-order valence-corrected chi connectivity index (χ0v) is 15.3. The number of carbonyl (C=O) groups excluding carboxylic acids is 1. The van der Waals surface area contributed by atoms with Crippen molar-refractivity contribution >= 4 is 5.91 Å². The number of halogens is 3. The third kappa shape index (κ3) is 6.23. The predicted molar refractivity (Wildman–Crippen MR) is 95.0 cm³/mol. The molecule has 0 fully saturated rings. The summed E-state index contributed by atoms with van der Waals surface area (Å²) in [6.45, 7) is 6.08. The van der Waals surface area contributed by atoms with Gasteiger partial charge in [-0.05, 0) is 11.5 Å². The first kappa shape index (κ1) is 20.7. The molecule has 2 rings (SSSR count). The minimum Gasteiger partial charge on any atom is -0.339 e. The quantitative estimate of drug-likeness (QED) is 0.637. The highest BCUT2D eigenvalue weighted by molar-refractivity contribution is 5.76. The van der Waals surface area contributed by atoms with Gasteiger partial charge in [-0.3, -0.25) is 4.79 Å². The van der Waals surface area contributed by atoms with Crippen LogP contribution in [0.1, 0.15) is 37.6 Å². The number of benzene rings is 1. The largest absolute Gasteiger partial charge is 0.406 e. The molecule has 8 heteroatoms. The maximum Gasteiger partial charge on any atom is 0.406 e. The van der Waals surface area contributed by atoms with Crippen LogP contribution in [0.2, 0.25) is 0 Å². The van der Waals surface area contributed by atoms with Crippen LogP contribution in [-0.4, -0.2) is 40.2 Å². The van der Waals surface area contributed by atoms with E-state index in [0.717, 1.165) is 5.56 Å². The van der Waals surface area contributed by atoms with E-state index in [4.69, 9.17) is 4.52 Å². The Morgan fingerprint density at radius 1 is 1.30 bits per heavy atom. The van der Waals surface area contributed by atoms with Crippen molar-refractivity contribution in [2.45, 2.75) is 38.8 Å². The molecule has 0 atom stereocenters. The molecule has 0 saturated heterocycles. The lowest BCUT2D eigenvalue weighted by molar-refractivity contribution is -0.160. The van der Waals surface area contributed by atoms with E-state index >= 15 is 0 Å². The molecule has 1 aromatic carbocycles. The van der Waals surface area contributed by atoms with Gasteiger partial charge in [0, 0.05) is 24.9 Å². The third-order valence-electron chi connectivity index (χ3n) is 3.93. The van der Waals surface area contributed by atoms with Gasteiger partial charge in [0.1, 0.15) is 6.54 Å². The second kappa shape index (κ2) is 8.83. The number of alkyl halides is 3. The summed E-state index contributed by atoms with van der Waals surface area (Å²) in [5, 5.41) is 3.87. The Bertz CT molecular complexity index is 767. The summed E-state index contributed by atoms with van der Waals surface area (Å²) < 4.78 is 42.8. The molecule has 1 heterocycles. The molecular formula is C19H22F3N3O2. The van der Waals surface area contributed by atoms with Gasteiger partial charge < -0.3 is 9.42 Å². The molecule has 0 unspecified atom stereocenters. The number of hydrogen-bond donors (Lipinski definition) is 0. The smallest absolute Gasteiger partial charge is 0.339 e. The van der Waals surface area contributed by atoms with Crippen molar-refractivity contribution < 1.29 is 22.5 Å². The van der Waals surface area contributed by atoms with Crippen molar-refractivity contribution in [1.82, 2.24) is 15.0 Å². The standard InChI is InChI=1S/C19H22F3N3O2/c1-4-11-25(12-19(20,21)22)17(26)10-9-16-23-18(24-27-16)15-7-5-14(6-8-15)13(2)3/h4-8,13H,1,9-12H2,2-3H3. The Morgan fingerprint density at radius 2 is 1.96 bits per heavy atom. The second-order valence-corrected chi connectivity index (χ2v) is 6.47. The maximum atomic E-state index is 12.6. The van der Waals surface area contributed by atoms with Crippen molar-refractivity contribution in [3.63, 3.8) is 0 Å². The van der Waals surface area contributed by atoms with Crippen LogP contribution in [0.3, 0.4) is 0 Å². The Balaban J connectivity index is 1.98. The minimum atomic E-state index is -4.46. The van der Waals surface area contributed by atoms with Crippen LogP contribution < -0.4 is 0 Å². The molecule has 0 radical (unpaired) electrons. The van der Waals surface area contributed by atoms with E-state index < -0.39 is 18.6 Å². The van der Waals surface area contributed by atoms with E-state index in [0.29, 0.717) is 16.6 Å². The average molecular weight is 381 g/mol. The summed E-state index contributed by atoms with van der Waals surface area (Å²) in [6.07, 6.45) is -3.28. The molecule has 0 saturated carbocycles. The normalized spacial score (nSPS) is 11.6. The Kier molecular flexibility index (Phi) is 6.76. The van der Waals surface area contributed by atoms with E-state index in [1.54, 1.807) is 0 Å². The summed E-state index contributed by atoms with van der Waals surface area (Å²) in [4.78, 5) is 17.0. The van der Waals surface area contributed by atoms with Gasteiger partial charge >= 0.3 is 6.18 Å². The van der Waals surface area contributed by atoms with Crippen LogP contribution >= 0.6 is 0 Å². The van der Waals surface area contributed by atoms with Crippen molar-refractivity contribution in [2.75, 3.05) is 13.1 Å². The lowest BCUT2D eigenvalue weighted by Crippen LogP contribution is -2.39. The van der Waals surface area contributed by atoms with Gasteiger partial charge in [-0.2, -0.15) is 18.2 Å². The molecule has 0 aliphatic heterocycles. The van der Waals surface area contributed by atoms with Gasteiger partial charge in [-0.1, -0.05) is 49.3 Å². The van der Waals surface area contributed by atoms with E-state index in [2.05, 4.69) is 30.6 Å². The zero-order valence-electron chi connectivity index (χ0n) is 15.3. The third-order valence-corrected chi connectivity index (χ3v) is 3.93. The summed E-state index contributed by atoms with van der Waals surface area (Å²) in [5.74, 6) is 0.345. The van der Waals surface area contributed by atoms with Gasteiger partial charge in [0.15, 0.2) is 0 Å². The van der Waals surface area contributed by atoms with Crippen LogP contribution in [0.15, 0.2) is 41.4 Å². The van der Waals surface area contributed by atoms with Crippen LogP contribution in [0.4, 0.5) is 13.2 Å². The monoisotopic (exact) mass is 381 g/mol. The number of aryl methyl sites for hydroxylation is 1. The first-order valence-electron chi connectivity index (χ1n) is 8.58. The second-order valence-electron chi connectivity index (χ2n) is 6.47. The fourth-order valence-corrected chi connectivity index (χ4v) is 2.49. The van der Waals surface area contributed by atoms with E-state index in [9.17, 15) is 18.0 Å². The van der Waals surface area contributed by atoms with Crippen molar-refractivity contribution in [2.24, 2.45) is 0 Å². The molecule has 1 aromatic heterocycles. The molecule has 2 aromatic rings. The summed E-state index contributed by atoms with van der Waals surface area (Å²) in [5.41, 5.74) is 1.95. The summed E-state index contributed by atoms with van der Waals surface area (Å²) in [7, 11) is 0. The highest BCUT2D eigenvalue weighted by Crippen LogP contribution is 2.21. The topological polar surface area (TPSA) is 59.2 Å². The maximum absolute atomic E-state index is 12.6. The SMILES string of the molecule is C=CCN(CC(F)(F)F)C(=O)CCc1nc(-c2ccc(C(C)C)cc2)no1. The highest BCUT2D eigenvalue weighted by Gasteiger charge is 2.32. The molecule has 0 N–H and O–H groups in total. The first-order valence-corrected chi connectivity index (χ1v) is 8.58. The molecular weight excluding hydrogens is 359 g/mol. The molecule has 0 bridgehead atoms. The molecule has 27 heavy (non-hydrogen) atoms. The highest BCUT2D eigenvalue weighted by atomic mass is 19.4. The van der Waals surface area contributed by atoms with Crippen LogP contribution in [-0.2, 0) is 11.2 Å². The van der Waals surface area contributed by atoms with E-state index in [1.165, 1.54) is 11.6 Å². The van der Waals surface area contributed by atoms with Gasteiger partial charge in [0.2, 0.25) is 17.6 Å². The van der Waals surface area contributed by atoms with Crippen molar-refractivity contribution in [1.29, 1.82) is 0 Å². The Morgan fingerprint density at radius 3 is 2.52 bits per heavy atom. The Hall–Kier alpha value is -2.64. The lowest BCUT2D eigenvalue weighted by atomic mass is 10.0.